The van der Waals surface area contributed by atoms with Gasteiger partial charge in [0.15, 0.2) is 5.65 Å². The molecule has 5 rings (SSSR count). The summed E-state index contributed by atoms with van der Waals surface area (Å²) in [6.45, 7) is 1.11. The Balaban J connectivity index is 1.59. The van der Waals surface area contributed by atoms with Gasteiger partial charge in [0, 0.05) is 13.2 Å². The molecular formula is C23H22N6O3. The van der Waals surface area contributed by atoms with Crippen LogP contribution in [0.4, 0.5) is 5.82 Å². The molecule has 32 heavy (non-hydrogen) atoms. The lowest BCUT2D eigenvalue weighted by atomic mass is 10.2. The van der Waals surface area contributed by atoms with Crippen LogP contribution in [0.3, 0.4) is 0 Å². The molecule has 4 N–H and O–H groups in total. The SMILES string of the molecule is Nc1c(C(=O)NC[C@H]2CCCO2)c2nc3ccccc3nc2n1/N=C\c1cccc(O)c1. The second kappa shape index (κ2) is 8.27. The molecule has 1 amide bonds. The second-order valence-corrected chi connectivity index (χ2v) is 7.64. The van der Waals surface area contributed by atoms with E-state index in [2.05, 4.69) is 20.4 Å². The first kappa shape index (κ1) is 20.0. The van der Waals surface area contributed by atoms with Crippen LogP contribution in [0.1, 0.15) is 28.8 Å². The number of aromatic hydroxyl groups is 1. The number of phenols is 1. The summed E-state index contributed by atoms with van der Waals surface area (Å²) in [6.07, 6.45) is 3.45. The lowest BCUT2D eigenvalue weighted by Crippen LogP contribution is -2.32. The molecular weight excluding hydrogens is 408 g/mol. The number of nitrogens with zero attached hydrogens (tertiary/aromatic N) is 4. The number of nitrogen functional groups attached to an aromatic ring is 1. The molecule has 162 valence electrons. The van der Waals surface area contributed by atoms with E-state index in [1.165, 1.54) is 4.68 Å². The van der Waals surface area contributed by atoms with Crippen LogP contribution in [0.5, 0.6) is 5.75 Å². The smallest absolute Gasteiger partial charge is 0.257 e. The number of ether oxygens (including phenoxy) is 1. The molecule has 0 spiro atoms. The third-order valence-electron chi connectivity index (χ3n) is 5.41. The third-order valence-corrected chi connectivity index (χ3v) is 5.41. The van der Waals surface area contributed by atoms with E-state index in [1.807, 2.05) is 24.3 Å². The van der Waals surface area contributed by atoms with Crippen LogP contribution >= 0.6 is 0 Å². The first-order chi connectivity index (χ1) is 15.6. The second-order valence-electron chi connectivity index (χ2n) is 7.64. The summed E-state index contributed by atoms with van der Waals surface area (Å²) < 4.78 is 7.00. The van der Waals surface area contributed by atoms with Crippen LogP contribution in [0.2, 0.25) is 0 Å². The van der Waals surface area contributed by atoms with Crippen molar-refractivity contribution in [2.45, 2.75) is 18.9 Å². The predicted molar refractivity (Wildman–Crippen MR) is 122 cm³/mol. The van der Waals surface area contributed by atoms with E-state index in [9.17, 15) is 9.90 Å². The minimum absolute atomic E-state index is 0.00391. The number of fused-ring (bicyclic) bond motifs is 2. The van der Waals surface area contributed by atoms with E-state index in [4.69, 9.17) is 10.5 Å². The highest BCUT2D eigenvalue weighted by Crippen LogP contribution is 2.28. The minimum atomic E-state index is -0.348. The standard InChI is InChI=1S/C23H22N6O3/c24-21-19(23(31)25-13-16-7-4-10-32-16)20-22(28-18-9-2-1-8-17(18)27-20)29(21)26-12-14-5-3-6-15(30)11-14/h1-3,5-6,8-9,11-12,16,30H,4,7,10,13,24H2,(H,25,31)/b26-12-/t16-/m1/s1. The number of anilines is 1. The monoisotopic (exact) mass is 430 g/mol. The van der Waals surface area contributed by atoms with Crippen LogP contribution < -0.4 is 11.1 Å². The largest absolute Gasteiger partial charge is 0.508 e. The number of aromatic nitrogens is 3. The zero-order valence-corrected chi connectivity index (χ0v) is 17.2. The lowest BCUT2D eigenvalue weighted by molar-refractivity contribution is 0.0859. The fraction of sp³-hybridized carbons (Fsp3) is 0.217. The van der Waals surface area contributed by atoms with Gasteiger partial charge in [-0.25, -0.2) is 9.97 Å². The fourth-order valence-corrected chi connectivity index (χ4v) is 3.82. The first-order valence-electron chi connectivity index (χ1n) is 10.4. The number of carbonyl (C=O) groups excluding carboxylic acids is 1. The van der Waals surface area contributed by atoms with Crippen molar-refractivity contribution in [3.63, 3.8) is 0 Å². The van der Waals surface area contributed by atoms with Gasteiger partial charge in [-0.15, -0.1) is 0 Å². The molecule has 9 nitrogen and oxygen atoms in total. The maximum atomic E-state index is 13.1. The van der Waals surface area contributed by atoms with E-state index >= 15 is 0 Å². The molecule has 1 atom stereocenters. The molecule has 1 aliphatic rings. The Morgan fingerprint density at radius 3 is 2.81 bits per heavy atom. The quantitative estimate of drug-likeness (QED) is 0.418. The number of hydrogen-bond donors (Lipinski definition) is 3. The van der Waals surface area contributed by atoms with Gasteiger partial charge in [0.1, 0.15) is 22.6 Å². The summed E-state index contributed by atoms with van der Waals surface area (Å²) in [7, 11) is 0. The van der Waals surface area contributed by atoms with Gasteiger partial charge in [0.2, 0.25) is 0 Å². The highest BCUT2D eigenvalue weighted by Gasteiger charge is 2.25. The van der Waals surface area contributed by atoms with Gasteiger partial charge in [-0.05, 0) is 42.7 Å². The summed E-state index contributed by atoms with van der Waals surface area (Å²) >= 11 is 0. The topological polar surface area (TPSA) is 128 Å². The zero-order chi connectivity index (χ0) is 22.1. The molecule has 3 heterocycles. The predicted octanol–water partition coefficient (Wildman–Crippen LogP) is 2.66. The average Bonchev–Trinajstić information content (AvgIpc) is 3.40. The molecule has 1 aliphatic heterocycles. The van der Waals surface area contributed by atoms with Crippen molar-refractivity contribution in [1.82, 2.24) is 20.0 Å². The van der Waals surface area contributed by atoms with E-state index in [-0.39, 0.29) is 29.1 Å². The van der Waals surface area contributed by atoms with E-state index in [1.54, 1.807) is 30.5 Å². The van der Waals surface area contributed by atoms with Crippen molar-refractivity contribution in [3.05, 3.63) is 59.7 Å². The number of nitrogens with two attached hydrogens (primary N) is 1. The number of amides is 1. The van der Waals surface area contributed by atoms with Gasteiger partial charge in [-0.1, -0.05) is 24.3 Å². The van der Waals surface area contributed by atoms with E-state index in [0.717, 1.165) is 12.8 Å². The van der Waals surface area contributed by atoms with Gasteiger partial charge in [-0.3, -0.25) is 4.79 Å². The number of para-hydroxylation sites is 2. The number of benzene rings is 2. The molecule has 2 aromatic heterocycles. The Hall–Kier alpha value is -3.98. The molecule has 0 aliphatic carbocycles. The molecule has 1 saturated heterocycles. The van der Waals surface area contributed by atoms with Gasteiger partial charge in [0.05, 0.1) is 23.4 Å². The summed E-state index contributed by atoms with van der Waals surface area (Å²) in [5.41, 5.74) is 9.35. The summed E-state index contributed by atoms with van der Waals surface area (Å²) in [6, 6.07) is 14.1. The van der Waals surface area contributed by atoms with Crippen molar-refractivity contribution >= 4 is 40.1 Å². The fourth-order valence-electron chi connectivity index (χ4n) is 3.82. The molecule has 0 radical (unpaired) electrons. The number of carbonyl (C=O) groups is 1. The van der Waals surface area contributed by atoms with Crippen LogP contribution in [-0.4, -0.2) is 51.1 Å². The Bertz CT molecular complexity index is 1340. The average molecular weight is 430 g/mol. The molecule has 4 aromatic rings. The maximum absolute atomic E-state index is 13.1. The third kappa shape index (κ3) is 3.74. The molecule has 0 bridgehead atoms. The normalized spacial score (nSPS) is 16.3. The molecule has 0 unspecified atom stereocenters. The highest BCUT2D eigenvalue weighted by molar-refractivity contribution is 6.10. The van der Waals surface area contributed by atoms with Crippen molar-refractivity contribution in [2.24, 2.45) is 5.10 Å². The van der Waals surface area contributed by atoms with Crippen LogP contribution in [0.15, 0.2) is 53.6 Å². The van der Waals surface area contributed by atoms with Crippen LogP contribution in [-0.2, 0) is 4.74 Å². The maximum Gasteiger partial charge on any atom is 0.257 e. The Labute approximate surface area is 183 Å². The highest BCUT2D eigenvalue weighted by atomic mass is 16.5. The Morgan fingerprint density at radius 1 is 1.25 bits per heavy atom. The van der Waals surface area contributed by atoms with Gasteiger partial charge >= 0.3 is 0 Å². The lowest BCUT2D eigenvalue weighted by Gasteiger charge is -2.10. The Kier molecular flexibility index (Phi) is 5.16. The van der Waals surface area contributed by atoms with Crippen molar-refractivity contribution in [2.75, 3.05) is 18.9 Å². The first-order valence-corrected chi connectivity index (χ1v) is 10.4. The number of rotatable bonds is 5. The van der Waals surface area contributed by atoms with Gasteiger partial charge in [-0.2, -0.15) is 9.78 Å². The van der Waals surface area contributed by atoms with Gasteiger partial charge < -0.3 is 20.9 Å². The van der Waals surface area contributed by atoms with Crippen molar-refractivity contribution in [1.29, 1.82) is 0 Å². The minimum Gasteiger partial charge on any atom is -0.508 e. The summed E-state index contributed by atoms with van der Waals surface area (Å²) in [5.74, 6) is -0.0882. The van der Waals surface area contributed by atoms with Gasteiger partial charge in [0.25, 0.3) is 5.91 Å². The summed E-state index contributed by atoms with van der Waals surface area (Å²) in [5, 5.41) is 17.0. The Morgan fingerprint density at radius 2 is 2.06 bits per heavy atom. The number of nitrogens with one attached hydrogen (secondary N) is 1. The van der Waals surface area contributed by atoms with Crippen molar-refractivity contribution < 1.29 is 14.6 Å². The molecule has 0 saturated carbocycles. The molecule has 1 fully saturated rings. The van der Waals surface area contributed by atoms with Crippen LogP contribution in [0.25, 0.3) is 22.2 Å². The summed E-state index contributed by atoms with van der Waals surface area (Å²) in [4.78, 5) is 22.4. The van der Waals surface area contributed by atoms with Crippen molar-refractivity contribution in [3.8, 4) is 5.75 Å². The molecule has 2 aromatic carbocycles. The van der Waals surface area contributed by atoms with Crippen LogP contribution in [0, 0.1) is 0 Å². The van der Waals surface area contributed by atoms with E-state index in [0.29, 0.717) is 40.9 Å². The van der Waals surface area contributed by atoms with E-state index < -0.39 is 0 Å². The number of phenolic OH excluding ortho intramolecular Hbond substituents is 1. The zero-order valence-electron chi connectivity index (χ0n) is 17.2. The number of hydrogen-bond acceptors (Lipinski definition) is 7. The molecule has 9 heteroatoms.